The summed E-state index contributed by atoms with van der Waals surface area (Å²) in [5.74, 6) is 0. The van der Waals surface area contributed by atoms with Crippen LogP contribution in [0.4, 0.5) is 11.4 Å². The highest BCUT2D eigenvalue weighted by Gasteiger charge is 2.32. The Morgan fingerprint density at radius 3 is 2.67 bits per heavy atom. The molecule has 0 bridgehead atoms. The lowest BCUT2D eigenvalue weighted by Crippen LogP contribution is -2.47. The van der Waals surface area contributed by atoms with Crippen LogP contribution in [0.2, 0.25) is 5.02 Å². The molecule has 2 aliphatic rings. The lowest BCUT2D eigenvalue weighted by Gasteiger charge is -2.42. The van der Waals surface area contributed by atoms with E-state index < -0.39 is 0 Å². The lowest BCUT2D eigenvalue weighted by atomic mass is 9.95. The minimum absolute atomic E-state index is 0.218. The van der Waals surface area contributed by atoms with E-state index in [-0.39, 0.29) is 12.2 Å². The van der Waals surface area contributed by atoms with Crippen molar-refractivity contribution in [2.45, 2.75) is 25.6 Å². The second-order valence-electron chi connectivity index (χ2n) is 9.19. The SMILES string of the molecule is Cc1cccc(Cl)c1C(CCN1c2cc(N)ccc2-n2cncc2C1N)N1CCN(C)CC1. The van der Waals surface area contributed by atoms with Crippen molar-refractivity contribution in [3.05, 3.63) is 70.8 Å². The van der Waals surface area contributed by atoms with Crippen molar-refractivity contribution in [2.75, 3.05) is 50.4 Å². The molecule has 1 saturated heterocycles. The van der Waals surface area contributed by atoms with Crippen LogP contribution in [0.1, 0.15) is 35.4 Å². The van der Waals surface area contributed by atoms with Gasteiger partial charge < -0.3 is 21.3 Å². The maximum atomic E-state index is 6.77. The molecule has 2 aromatic carbocycles. The van der Waals surface area contributed by atoms with E-state index in [1.807, 2.05) is 42.9 Å². The van der Waals surface area contributed by atoms with Crippen LogP contribution in [0, 0.1) is 6.92 Å². The van der Waals surface area contributed by atoms with Crippen LogP contribution in [0.5, 0.6) is 0 Å². The van der Waals surface area contributed by atoms with E-state index in [2.05, 4.69) is 44.3 Å². The number of nitrogen functional groups attached to an aromatic ring is 1. The van der Waals surface area contributed by atoms with Crippen LogP contribution >= 0.6 is 11.6 Å². The summed E-state index contributed by atoms with van der Waals surface area (Å²) in [7, 11) is 2.18. The van der Waals surface area contributed by atoms with Crippen LogP contribution < -0.4 is 16.4 Å². The number of aromatic nitrogens is 2. The van der Waals surface area contributed by atoms with Crippen LogP contribution in [-0.2, 0) is 0 Å². The van der Waals surface area contributed by atoms with Crippen molar-refractivity contribution >= 4 is 23.0 Å². The Bertz CT molecular complexity index is 1120. The average molecular weight is 466 g/mol. The zero-order valence-electron chi connectivity index (χ0n) is 19.3. The predicted molar refractivity (Wildman–Crippen MR) is 135 cm³/mol. The molecule has 7 nitrogen and oxygen atoms in total. The molecule has 0 aliphatic carbocycles. The second-order valence-corrected chi connectivity index (χ2v) is 9.60. The maximum Gasteiger partial charge on any atom is 0.121 e. The normalized spacial score (nSPS) is 19.9. The van der Waals surface area contributed by atoms with Crippen molar-refractivity contribution in [1.82, 2.24) is 19.4 Å². The Labute approximate surface area is 200 Å². The van der Waals surface area contributed by atoms with Crippen molar-refractivity contribution in [1.29, 1.82) is 0 Å². The Hall–Kier alpha value is -2.58. The number of piperazine rings is 1. The number of hydrogen-bond acceptors (Lipinski definition) is 6. The van der Waals surface area contributed by atoms with Crippen LogP contribution in [-0.4, -0.2) is 59.1 Å². The molecule has 174 valence electrons. The number of fused-ring (bicyclic) bond motifs is 3. The molecule has 3 heterocycles. The van der Waals surface area contributed by atoms with Gasteiger partial charge >= 0.3 is 0 Å². The molecule has 2 atom stereocenters. The maximum absolute atomic E-state index is 6.77. The molecule has 33 heavy (non-hydrogen) atoms. The summed E-state index contributed by atoms with van der Waals surface area (Å²) < 4.78 is 2.06. The van der Waals surface area contributed by atoms with Gasteiger partial charge in [-0.25, -0.2) is 4.98 Å². The number of benzene rings is 2. The third-order valence-corrected chi connectivity index (χ3v) is 7.43. The molecule has 1 fully saturated rings. The molecule has 4 N–H and O–H groups in total. The third-order valence-electron chi connectivity index (χ3n) is 7.10. The fraction of sp³-hybridized carbons (Fsp3) is 0.400. The monoisotopic (exact) mass is 465 g/mol. The van der Waals surface area contributed by atoms with E-state index >= 15 is 0 Å². The van der Waals surface area contributed by atoms with Gasteiger partial charge in [0.1, 0.15) is 6.17 Å². The predicted octanol–water partition coefficient (Wildman–Crippen LogP) is 3.57. The van der Waals surface area contributed by atoms with Crippen LogP contribution in [0.3, 0.4) is 0 Å². The van der Waals surface area contributed by atoms with Crippen molar-refractivity contribution < 1.29 is 0 Å². The summed E-state index contributed by atoms with van der Waals surface area (Å²) in [6.45, 7) is 7.10. The van der Waals surface area contributed by atoms with Gasteiger partial charge in [0.2, 0.25) is 0 Å². The molecular formula is C25H32ClN7. The fourth-order valence-electron chi connectivity index (χ4n) is 5.24. The number of likely N-dealkylation sites (N-methyl/N-ethyl adjacent to an activating group) is 1. The smallest absolute Gasteiger partial charge is 0.121 e. The van der Waals surface area contributed by atoms with E-state index in [9.17, 15) is 0 Å². The van der Waals surface area contributed by atoms with Gasteiger partial charge in [-0.3, -0.25) is 9.47 Å². The number of aryl methyl sites for hydroxylation is 1. The molecular weight excluding hydrogens is 434 g/mol. The standard InChI is InChI=1S/C25H32ClN7/c1-17-4-3-5-19(26)24(17)21(31-12-10-30(2)11-13-31)8-9-32-22-14-18(27)6-7-20(22)33-16-29-15-23(33)25(32)28/h3-7,14-16,21,25H,8-13,27-28H2,1-2H3. The second kappa shape index (κ2) is 8.99. The molecule has 8 heteroatoms. The first-order valence-corrected chi connectivity index (χ1v) is 11.9. The van der Waals surface area contributed by atoms with E-state index in [0.29, 0.717) is 0 Å². The molecule has 0 saturated carbocycles. The molecule has 1 aromatic heterocycles. The third kappa shape index (κ3) is 4.10. The zero-order chi connectivity index (χ0) is 23.1. The van der Waals surface area contributed by atoms with Gasteiger partial charge in [-0.2, -0.15) is 0 Å². The first kappa shape index (κ1) is 22.2. The number of nitrogens with two attached hydrogens (primary N) is 2. The van der Waals surface area contributed by atoms with Gasteiger partial charge in [0, 0.05) is 49.5 Å². The summed E-state index contributed by atoms with van der Waals surface area (Å²) in [6, 6.07) is 12.4. The number of anilines is 2. The molecule has 2 unspecified atom stereocenters. The van der Waals surface area contributed by atoms with E-state index in [1.54, 1.807) is 0 Å². The number of imidazole rings is 1. The first-order valence-electron chi connectivity index (χ1n) is 11.6. The topological polar surface area (TPSA) is 79.6 Å². The first-order chi connectivity index (χ1) is 15.9. The average Bonchev–Trinajstić information content (AvgIpc) is 3.28. The van der Waals surface area contributed by atoms with Gasteiger partial charge in [-0.1, -0.05) is 23.7 Å². The van der Waals surface area contributed by atoms with Gasteiger partial charge in [-0.15, -0.1) is 0 Å². The largest absolute Gasteiger partial charge is 0.399 e. The summed E-state index contributed by atoms with van der Waals surface area (Å²) in [5, 5.41) is 0.838. The number of hydrogen-bond donors (Lipinski definition) is 2. The molecule has 2 aliphatic heterocycles. The number of rotatable bonds is 5. The molecule has 0 amide bonds. The highest BCUT2D eigenvalue weighted by molar-refractivity contribution is 6.31. The number of halogens is 1. The Kier molecular flexibility index (Phi) is 6.05. The van der Waals surface area contributed by atoms with Gasteiger partial charge in [0.25, 0.3) is 0 Å². The Morgan fingerprint density at radius 1 is 1.12 bits per heavy atom. The van der Waals surface area contributed by atoms with Gasteiger partial charge in [0.05, 0.1) is 29.6 Å². The molecule has 0 radical (unpaired) electrons. The Morgan fingerprint density at radius 2 is 1.91 bits per heavy atom. The quantitative estimate of drug-likeness (QED) is 0.561. The Balaban J connectivity index is 1.48. The van der Waals surface area contributed by atoms with Crippen molar-refractivity contribution in [2.24, 2.45) is 5.73 Å². The summed E-state index contributed by atoms with van der Waals surface area (Å²) in [5.41, 5.74) is 19.2. The highest BCUT2D eigenvalue weighted by atomic mass is 35.5. The van der Waals surface area contributed by atoms with Gasteiger partial charge in [-0.05, 0) is 55.8 Å². The summed E-state index contributed by atoms with van der Waals surface area (Å²) >= 11 is 6.77. The van der Waals surface area contributed by atoms with Gasteiger partial charge in [0.15, 0.2) is 0 Å². The zero-order valence-corrected chi connectivity index (χ0v) is 20.0. The minimum atomic E-state index is -0.290. The fourth-order valence-corrected chi connectivity index (χ4v) is 5.59. The molecule has 0 spiro atoms. The van der Waals surface area contributed by atoms with Crippen molar-refractivity contribution in [3.63, 3.8) is 0 Å². The summed E-state index contributed by atoms with van der Waals surface area (Å²) in [4.78, 5) is 11.6. The highest BCUT2D eigenvalue weighted by Crippen LogP contribution is 2.39. The van der Waals surface area contributed by atoms with Crippen LogP contribution in [0.25, 0.3) is 5.69 Å². The number of nitrogens with zero attached hydrogens (tertiary/aromatic N) is 5. The van der Waals surface area contributed by atoms with Crippen molar-refractivity contribution in [3.8, 4) is 5.69 Å². The minimum Gasteiger partial charge on any atom is -0.399 e. The van der Waals surface area contributed by atoms with Crippen LogP contribution in [0.15, 0.2) is 48.9 Å². The summed E-state index contributed by atoms with van der Waals surface area (Å²) in [6.07, 6.45) is 4.29. The molecule has 5 rings (SSSR count). The van der Waals surface area contributed by atoms with E-state index in [1.165, 1.54) is 11.1 Å². The van der Waals surface area contributed by atoms with E-state index in [4.69, 9.17) is 23.1 Å². The van der Waals surface area contributed by atoms with E-state index in [0.717, 1.165) is 66.9 Å². The lowest BCUT2D eigenvalue weighted by molar-refractivity contribution is 0.107. The molecule has 3 aromatic rings.